The molecule has 7 rings (SSSR count). The second kappa shape index (κ2) is 12.6. The van der Waals surface area contributed by atoms with Gasteiger partial charge in [-0.3, -0.25) is 9.59 Å². The van der Waals surface area contributed by atoms with Crippen LogP contribution in [0.5, 0.6) is 0 Å². The van der Waals surface area contributed by atoms with E-state index in [1.807, 2.05) is 59.5 Å². The van der Waals surface area contributed by atoms with Crippen LogP contribution < -0.4 is 5.32 Å². The number of fused-ring (bicyclic) bond motifs is 3. The Morgan fingerprint density at radius 1 is 1.04 bits per heavy atom. The largest absolute Gasteiger partial charge is 0.464 e. The second-order valence-corrected chi connectivity index (χ2v) is 11.9. The van der Waals surface area contributed by atoms with E-state index in [1.54, 1.807) is 16.2 Å². The Hall–Kier alpha value is -5.33. The lowest BCUT2D eigenvalue weighted by atomic mass is 9.98. The van der Waals surface area contributed by atoms with Gasteiger partial charge in [-0.2, -0.15) is 5.01 Å². The Labute approximate surface area is 267 Å². The Kier molecular flexibility index (Phi) is 8.04. The number of amides is 4. The molecule has 3 aromatic carbocycles. The molecule has 9 heteroatoms. The van der Waals surface area contributed by atoms with Crippen LogP contribution in [0.15, 0.2) is 101 Å². The summed E-state index contributed by atoms with van der Waals surface area (Å²) < 4.78 is 5.52. The number of nitrogens with zero attached hydrogens (tertiary/aromatic N) is 4. The number of piperazine rings is 1. The first kappa shape index (κ1) is 29.4. The number of carbonyl (C=O) groups excluding carboxylic acids is 3. The predicted octanol–water partition coefficient (Wildman–Crippen LogP) is 4.85. The van der Waals surface area contributed by atoms with Crippen LogP contribution in [0.4, 0.5) is 4.79 Å². The molecule has 0 saturated carbocycles. The number of rotatable bonds is 8. The Morgan fingerprint density at radius 2 is 1.91 bits per heavy atom. The topological polar surface area (TPSA) is 89.3 Å². The highest BCUT2D eigenvalue weighted by molar-refractivity contribution is 5.93. The summed E-state index contributed by atoms with van der Waals surface area (Å²) >= 11 is 0. The van der Waals surface area contributed by atoms with Crippen molar-refractivity contribution in [2.75, 3.05) is 26.2 Å². The summed E-state index contributed by atoms with van der Waals surface area (Å²) in [6, 6.07) is 20.8. The fourth-order valence-corrected chi connectivity index (χ4v) is 6.83. The molecule has 3 aliphatic rings. The lowest BCUT2D eigenvalue weighted by molar-refractivity contribution is -0.157. The molecule has 3 heterocycles. The van der Waals surface area contributed by atoms with E-state index < -0.39 is 12.2 Å². The van der Waals surface area contributed by atoms with E-state index in [-0.39, 0.29) is 37.5 Å². The van der Waals surface area contributed by atoms with Crippen LogP contribution in [0.25, 0.3) is 21.7 Å². The summed E-state index contributed by atoms with van der Waals surface area (Å²) in [5.41, 5.74) is 3.71. The maximum Gasteiger partial charge on any atom is 0.333 e. The summed E-state index contributed by atoms with van der Waals surface area (Å²) in [7, 11) is 0. The first-order valence-electron chi connectivity index (χ1n) is 15.6. The molecule has 1 aliphatic carbocycles. The monoisotopic (exact) mass is 613 g/mol. The molecule has 2 atom stereocenters. The van der Waals surface area contributed by atoms with E-state index >= 15 is 0 Å². The lowest BCUT2D eigenvalue weighted by Gasteiger charge is -2.46. The minimum absolute atomic E-state index is 0.0164. The van der Waals surface area contributed by atoms with Gasteiger partial charge < -0.3 is 19.5 Å². The van der Waals surface area contributed by atoms with Crippen LogP contribution in [0.1, 0.15) is 24.0 Å². The normalized spacial score (nSPS) is 19.8. The standard InChI is InChI=1S/C37H35N5O4/c1-2-18-40(37(45)38-22-26-9-4-3-5-10-26)41-25-35(43)42-32(21-27-15-16-33-29(20-27)17-19-46-33)36(44)39(24-34(41)42)23-30-13-8-12-28-11-6-7-14-31(28)30/h1,4,6-17,19-20,32,34H,3,5,18,21-25H2,(H,38,45)/t32-,34+/m0/s1. The second-order valence-electron chi connectivity index (χ2n) is 11.9. The van der Waals surface area contributed by atoms with Gasteiger partial charge in [-0.15, -0.1) is 6.42 Å². The van der Waals surface area contributed by atoms with Gasteiger partial charge in [-0.25, -0.2) is 9.80 Å². The zero-order chi connectivity index (χ0) is 31.6. The van der Waals surface area contributed by atoms with Crippen molar-refractivity contribution in [1.82, 2.24) is 25.1 Å². The number of hydrazine groups is 1. The molecule has 4 aromatic rings. The minimum atomic E-state index is -0.760. The van der Waals surface area contributed by atoms with Gasteiger partial charge in [0.15, 0.2) is 0 Å². The molecule has 1 aromatic heterocycles. The number of hydrogen-bond acceptors (Lipinski definition) is 5. The highest BCUT2D eigenvalue weighted by Crippen LogP contribution is 2.32. The maximum atomic E-state index is 14.3. The van der Waals surface area contributed by atoms with E-state index in [4.69, 9.17) is 10.8 Å². The van der Waals surface area contributed by atoms with Crippen LogP contribution in [-0.4, -0.2) is 76.0 Å². The highest BCUT2D eigenvalue weighted by atomic mass is 16.3. The van der Waals surface area contributed by atoms with E-state index in [1.165, 1.54) is 5.01 Å². The van der Waals surface area contributed by atoms with Crippen molar-refractivity contribution >= 4 is 39.6 Å². The number of terminal acetylenes is 1. The Bertz CT molecular complexity index is 1910. The molecule has 4 amide bonds. The summed E-state index contributed by atoms with van der Waals surface area (Å²) in [4.78, 5) is 45.2. The first-order chi connectivity index (χ1) is 22.5. The lowest BCUT2D eigenvalue weighted by Crippen LogP contribution is -2.66. The zero-order valence-electron chi connectivity index (χ0n) is 25.5. The van der Waals surface area contributed by atoms with Crippen molar-refractivity contribution in [2.24, 2.45) is 0 Å². The summed E-state index contributed by atoms with van der Waals surface area (Å²) in [5, 5.41) is 9.25. The molecule has 46 heavy (non-hydrogen) atoms. The molecule has 0 radical (unpaired) electrons. The van der Waals surface area contributed by atoms with Crippen LogP contribution in [0.2, 0.25) is 0 Å². The molecular weight excluding hydrogens is 578 g/mol. The molecule has 0 spiro atoms. The van der Waals surface area contributed by atoms with Gasteiger partial charge in [0.2, 0.25) is 11.8 Å². The molecule has 2 aliphatic heterocycles. The van der Waals surface area contributed by atoms with Gasteiger partial charge in [0, 0.05) is 24.9 Å². The molecule has 0 bridgehead atoms. The van der Waals surface area contributed by atoms with Gasteiger partial charge in [0.05, 0.1) is 25.9 Å². The fourth-order valence-electron chi connectivity index (χ4n) is 6.83. The van der Waals surface area contributed by atoms with Crippen LogP contribution in [0, 0.1) is 12.3 Å². The van der Waals surface area contributed by atoms with Crippen molar-refractivity contribution in [3.8, 4) is 12.3 Å². The van der Waals surface area contributed by atoms with Gasteiger partial charge in [-0.1, -0.05) is 72.7 Å². The van der Waals surface area contributed by atoms with Crippen molar-refractivity contribution in [3.05, 3.63) is 108 Å². The quantitative estimate of drug-likeness (QED) is 0.287. The van der Waals surface area contributed by atoms with E-state index in [0.29, 0.717) is 19.5 Å². The molecule has 1 N–H and O–H groups in total. The van der Waals surface area contributed by atoms with E-state index in [0.717, 1.165) is 51.3 Å². The molecular formula is C37H35N5O4. The third-order valence-corrected chi connectivity index (χ3v) is 9.05. The zero-order valence-corrected chi connectivity index (χ0v) is 25.5. The minimum Gasteiger partial charge on any atom is -0.464 e. The number of carbonyl (C=O) groups is 3. The smallest absolute Gasteiger partial charge is 0.333 e. The van der Waals surface area contributed by atoms with Crippen LogP contribution in [0.3, 0.4) is 0 Å². The third-order valence-electron chi connectivity index (χ3n) is 9.05. The van der Waals surface area contributed by atoms with E-state index in [2.05, 4.69) is 41.6 Å². The molecule has 2 saturated heterocycles. The number of furan rings is 1. The molecule has 232 valence electrons. The number of allylic oxidation sites excluding steroid dienone is 2. The number of urea groups is 1. The number of hydrogen-bond donors (Lipinski definition) is 1. The summed E-state index contributed by atoms with van der Waals surface area (Å²) in [6.45, 7) is 0.878. The fraction of sp³-hybridized carbons (Fsp3) is 0.270. The Balaban J connectivity index is 1.21. The van der Waals surface area contributed by atoms with Crippen molar-refractivity contribution < 1.29 is 18.8 Å². The molecule has 9 nitrogen and oxygen atoms in total. The van der Waals surface area contributed by atoms with E-state index in [9.17, 15) is 14.4 Å². The Morgan fingerprint density at radius 3 is 2.76 bits per heavy atom. The van der Waals surface area contributed by atoms with Crippen molar-refractivity contribution in [3.63, 3.8) is 0 Å². The average molecular weight is 614 g/mol. The first-order valence-corrected chi connectivity index (χ1v) is 15.6. The van der Waals surface area contributed by atoms with Crippen LogP contribution >= 0.6 is 0 Å². The van der Waals surface area contributed by atoms with Gasteiger partial charge in [-0.05, 0) is 58.5 Å². The summed E-state index contributed by atoms with van der Waals surface area (Å²) in [6.07, 6.45) is 15.3. The third kappa shape index (κ3) is 5.64. The van der Waals surface area contributed by atoms with Crippen molar-refractivity contribution in [1.29, 1.82) is 0 Å². The number of benzene rings is 3. The predicted molar refractivity (Wildman–Crippen MR) is 176 cm³/mol. The van der Waals surface area contributed by atoms with Crippen LogP contribution in [-0.2, 0) is 22.6 Å². The maximum absolute atomic E-state index is 14.3. The van der Waals surface area contributed by atoms with Gasteiger partial charge in [0.1, 0.15) is 17.8 Å². The van der Waals surface area contributed by atoms with Gasteiger partial charge in [0.25, 0.3) is 0 Å². The summed E-state index contributed by atoms with van der Waals surface area (Å²) in [5.74, 6) is 2.25. The van der Waals surface area contributed by atoms with Crippen molar-refractivity contribution in [2.45, 2.75) is 38.0 Å². The number of nitrogens with one attached hydrogen (secondary N) is 1. The molecule has 2 fully saturated rings. The highest BCUT2D eigenvalue weighted by Gasteiger charge is 2.52. The SMILES string of the molecule is C#CCN(C(=O)NCC1=CCCC=C1)N1CC(=O)N2[C@@H](Cc3ccc4occc4c3)C(=O)N(Cc3cccc4ccccc34)C[C@@H]21. The molecule has 0 unspecified atom stereocenters. The van der Waals surface area contributed by atoms with Gasteiger partial charge >= 0.3 is 6.03 Å². The average Bonchev–Trinajstić information content (AvgIpc) is 3.68.